The van der Waals surface area contributed by atoms with Crippen LogP contribution in [-0.4, -0.2) is 55.5 Å². The third kappa shape index (κ3) is 5.74. The fraction of sp³-hybridized carbons (Fsp3) is 0.533. The molecule has 1 atom stereocenters. The van der Waals surface area contributed by atoms with Crippen molar-refractivity contribution in [3.8, 4) is 5.75 Å². The maximum Gasteiger partial charge on any atom is 0.255 e. The maximum absolute atomic E-state index is 13.6. The maximum atomic E-state index is 13.6. The van der Waals surface area contributed by atoms with Crippen molar-refractivity contribution in [2.24, 2.45) is 5.41 Å². The lowest BCUT2D eigenvalue weighted by atomic mass is 9.73. The van der Waals surface area contributed by atoms with E-state index in [1.54, 1.807) is 0 Å². The van der Waals surface area contributed by atoms with Crippen molar-refractivity contribution in [2.45, 2.75) is 64.3 Å². The summed E-state index contributed by atoms with van der Waals surface area (Å²) in [6.07, 6.45) is 7.44. The van der Waals surface area contributed by atoms with Gasteiger partial charge in [0.1, 0.15) is 12.4 Å². The average Bonchev–Trinajstić information content (AvgIpc) is 3.45. The summed E-state index contributed by atoms with van der Waals surface area (Å²) in [7, 11) is 0. The number of fused-ring (bicyclic) bond motifs is 1. The van der Waals surface area contributed by atoms with Crippen molar-refractivity contribution in [1.29, 1.82) is 0 Å². The molecule has 0 unspecified atom stereocenters. The van der Waals surface area contributed by atoms with Crippen LogP contribution in [0.1, 0.15) is 67.8 Å². The van der Waals surface area contributed by atoms with Gasteiger partial charge in [-0.3, -0.25) is 9.59 Å². The van der Waals surface area contributed by atoms with Crippen LogP contribution >= 0.6 is 11.6 Å². The molecule has 2 aromatic rings. The van der Waals surface area contributed by atoms with Crippen LogP contribution in [0.15, 0.2) is 42.5 Å². The molecule has 0 aliphatic carbocycles. The number of carbonyl (C=O) groups excluding carboxylic acids is 2. The molecule has 0 radical (unpaired) electrons. The van der Waals surface area contributed by atoms with E-state index in [9.17, 15) is 9.59 Å². The Hall–Kier alpha value is -2.73. The quantitative estimate of drug-likeness (QED) is 0.566. The minimum absolute atomic E-state index is 0.0344. The predicted octanol–water partition coefficient (Wildman–Crippen LogP) is 5.47. The van der Waals surface area contributed by atoms with Gasteiger partial charge in [0.05, 0.1) is 22.0 Å². The molecule has 0 saturated carbocycles. The number of para-hydroxylation sites is 1. The van der Waals surface area contributed by atoms with Crippen molar-refractivity contribution in [1.82, 2.24) is 10.2 Å². The van der Waals surface area contributed by atoms with Gasteiger partial charge >= 0.3 is 0 Å². The summed E-state index contributed by atoms with van der Waals surface area (Å²) >= 11 is 6.49. The Kier molecular flexibility index (Phi) is 7.94. The Labute approximate surface area is 225 Å². The van der Waals surface area contributed by atoms with Gasteiger partial charge in [0, 0.05) is 31.9 Å². The minimum atomic E-state index is -0.453. The second kappa shape index (κ2) is 11.3. The lowest BCUT2D eigenvalue weighted by Gasteiger charge is -2.41. The molecular weight excluding hydrogens is 486 g/mol. The van der Waals surface area contributed by atoms with Crippen LogP contribution in [0, 0.1) is 5.41 Å². The first-order chi connectivity index (χ1) is 17.9. The number of nitrogens with one attached hydrogen (secondary N) is 1. The number of rotatable bonds is 2. The van der Waals surface area contributed by atoms with Crippen LogP contribution in [0.4, 0.5) is 5.69 Å². The third-order valence-electron chi connectivity index (χ3n) is 8.33. The van der Waals surface area contributed by atoms with Gasteiger partial charge in [0.25, 0.3) is 5.91 Å². The summed E-state index contributed by atoms with van der Waals surface area (Å²) in [6.45, 7) is 5.59. The molecule has 2 amide bonds. The fourth-order valence-corrected chi connectivity index (χ4v) is 6.21. The lowest BCUT2D eigenvalue weighted by Crippen LogP contribution is -2.52. The summed E-state index contributed by atoms with van der Waals surface area (Å²) in [5.41, 5.74) is 2.40. The average molecular weight is 524 g/mol. The van der Waals surface area contributed by atoms with Crippen LogP contribution in [0.2, 0.25) is 5.02 Å². The molecule has 6 nitrogen and oxygen atoms in total. The van der Waals surface area contributed by atoms with Crippen LogP contribution in [0.3, 0.4) is 0 Å². The molecule has 2 aromatic carbocycles. The zero-order chi connectivity index (χ0) is 25.8. The number of hydrogen-bond acceptors (Lipinski definition) is 4. The Morgan fingerprint density at radius 1 is 1.00 bits per heavy atom. The Balaban J connectivity index is 1.27. The van der Waals surface area contributed by atoms with Gasteiger partial charge in [-0.15, -0.1) is 0 Å². The van der Waals surface area contributed by atoms with Crippen LogP contribution in [-0.2, 0) is 11.2 Å². The number of piperidine rings is 1. The first-order valence-electron chi connectivity index (χ1n) is 13.8. The van der Waals surface area contributed by atoms with Gasteiger partial charge in [-0.05, 0) is 81.7 Å². The highest BCUT2D eigenvalue weighted by molar-refractivity contribution is 6.34. The monoisotopic (exact) mass is 523 g/mol. The topological polar surface area (TPSA) is 61.9 Å². The van der Waals surface area contributed by atoms with E-state index in [2.05, 4.69) is 22.3 Å². The molecule has 0 bridgehead atoms. The first kappa shape index (κ1) is 25.9. The number of aryl methyl sites for hydroxylation is 1. The number of likely N-dealkylation sites (tertiary alicyclic amines) is 1. The van der Waals surface area contributed by atoms with Crippen molar-refractivity contribution < 1.29 is 14.3 Å². The summed E-state index contributed by atoms with van der Waals surface area (Å²) < 4.78 is 6.07. The number of ether oxygens (including phenoxy) is 1. The Bertz CT molecular complexity index is 1120. The molecular formula is C30H38ClN3O3. The minimum Gasteiger partial charge on any atom is -0.491 e. The number of hydrogen-bond donors (Lipinski definition) is 1. The zero-order valence-corrected chi connectivity index (χ0v) is 22.6. The van der Waals surface area contributed by atoms with E-state index in [0.29, 0.717) is 43.1 Å². The smallest absolute Gasteiger partial charge is 0.255 e. The van der Waals surface area contributed by atoms with Crippen molar-refractivity contribution in [3.05, 3.63) is 58.6 Å². The normalized spacial score (nSPS) is 22.4. The summed E-state index contributed by atoms with van der Waals surface area (Å²) in [6, 6.07) is 13.9. The molecule has 1 N–H and O–H groups in total. The summed E-state index contributed by atoms with van der Waals surface area (Å²) in [5, 5.41) is 3.71. The molecule has 37 heavy (non-hydrogen) atoms. The highest BCUT2D eigenvalue weighted by Gasteiger charge is 2.42. The summed E-state index contributed by atoms with van der Waals surface area (Å²) in [5.74, 6) is 0.977. The van der Waals surface area contributed by atoms with Crippen LogP contribution in [0.5, 0.6) is 5.75 Å². The molecule has 7 heteroatoms. The lowest BCUT2D eigenvalue weighted by molar-refractivity contribution is -0.135. The molecule has 2 saturated heterocycles. The highest BCUT2D eigenvalue weighted by Crippen LogP contribution is 2.39. The molecule has 3 heterocycles. The number of amides is 2. The van der Waals surface area contributed by atoms with Gasteiger partial charge < -0.3 is 19.9 Å². The van der Waals surface area contributed by atoms with E-state index in [4.69, 9.17) is 16.3 Å². The SMILES string of the molecule is C[C@H]1COc2ccccc2CCCCC2(CCN(C(=O)c3cc(N4CCCC4)ccc3Cl)CC2)C(=O)N1. The molecule has 2 fully saturated rings. The second-order valence-electron chi connectivity index (χ2n) is 10.9. The molecule has 198 valence electrons. The summed E-state index contributed by atoms with van der Waals surface area (Å²) in [4.78, 5) is 31.3. The van der Waals surface area contributed by atoms with Gasteiger partial charge in [-0.1, -0.05) is 36.2 Å². The molecule has 3 aliphatic rings. The predicted molar refractivity (Wildman–Crippen MR) is 148 cm³/mol. The van der Waals surface area contributed by atoms with E-state index in [0.717, 1.165) is 50.2 Å². The first-order valence-corrected chi connectivity index (χ1v) is 14.2. The zero-order valence-electron chi connectivity index (χ0n) is 21.8. The van der Waals surface area contributed by atoms with Gasteiger partial charge in [-0.25, -0.2) is 0 Å². The van der Waals surface area contributed by atoms with Crippen molar-refractivity contribution >= 4 is 29.1 Å². The highest BCUT2D eigenvalue weighted by atomic mass is 35.5. The number of halogens is 1. The molecule has 5 rings (SSSR count). The van der Waals surface area contributed by atoms with Crippen LogP contribution < -0.4 is 15.0 Å². The van der Waals surface area contributed by atoms with Crippen LogP contribution in [0.25, 0.3) is 0 Å². The van der Waals surface area contributed by atoms with Gasteiger partial charge in [-0.2, -0.15) is 0 Å². The van der Waals surface area contributed by atoms with E-state index >= 15 is 0 Å². The second-order valence-corrected chi connectivity index (χ2v) is 11.3. The number of benzene rings is 2. The fourth-order valence-electron chi connectivity index (χ4n) is 6.01. The van der Waals surface area contributed by atoms with E-state index in [1.807, 2.05) is 42.2 Å². The Morgan fingerprint density at radius 3 is 2.54 bits per heavy atom. The molecule has 0 aromatic heterocycles. The largest absolute Gasteiger partial charge is 0.491 e. The van der Waals surface area contributed by atoms with E-state index in [-0.39, 0.29) is 17.9 Å². The van der Waals surface area contributed by atoms with Gasteiger partial charge in [0.2, 0.25) is 5.91 Å². The van der Waals surface area contributed by atoms with E-state index in [1.165, 1.54) is 18.4 Å². The molecule has 3 aliphatic heterocycles. The van der Waals surface area contributed by atoms with Gasteiger partial charge in [0.15, 0.2) is 0 Å². The number of nitrogens with zero attached hydrogens (tertiary/aromatic N) is 2. The van der Waals surface area contributed by atoms with E-state index < -0.39 is 5.41 Å². The van der Waals surface area contributed by atoms with Crippen molar-refractivity contribution in [3.63, 3.8) is 0 Å². The number of anilines is 1. The Morgan fingerprint density at radius 2 is 1.76 bits per heavy atom. The molecule has 1 spiro atoms. The number of carbonyl (C=O) groups is 2. The third-order valence-corrected chi connectivity index (χ3v) is 8.66. The standard InChI is InChI=1S/C30H38ClN3O3/c1-22-21-37-27-10-3-2-8-23(27)9-4-5-13-30(29(36)32-22)14-18-34(19-15-30)28(35)25-20-24(11-12-26(25)31)33-16-6-7-17-33/h2-3,8,10-12,20,22H,4-7,9,13-19,21H2,1H3,(H,32,36)/t22-/m0/s1. The van der Waals surface area contributed by atoms with Crippen molar-refractivity contribution in [2.75, 3.05) is 37.7 Å².